The number of benzene rings is 2. The molecule has 312 valence electrons. The van der Waals surface area contributed by atoms with Crippen molar-refractivity contribution < 1.29 is 27.8 Å². The SMILES string of the molecule is O=C1O[C@@H](Cn2ccnn2)CN1c1ccc(N2CCC(n3cnnn3)CC2)c(F)c1.O=C1O[C@@H](Cn2ccnn2)CN1c1ccc(N2CCC(n3ncnn3)CC2)c(F)c1. The van der Waals surface area contributed by atoms with E-state index < -0.39 is 12.2 Å². The summed E-state index contributed by atoms with van der Waals surface area (Å²) >= 11 is 0. The number of hydrogen-bond donors (Lipinski definition) is 0. The summed E-state index contributed by atoms with van der Waals surface area (Å²) in [5.74, 6) is -0.724. The topological polar surface area (TPSA) is 214 Å². The summed E-state index contributed by atoms with van der Waals surface area (Å²) in [5.41, 5.74) is 2.01. The lowest BCUT2D eigenvalue weighted by Gasteiger charge is -2.33. The third-order valence-electron chi connectivity index (χ3n) is 11.0. The maximum absolute atomic E-state index is 14.9. The van der Waals surface area contributed by atoms with Gasteiger partial charge in [0.1, 0.15) is 30.2 Å². The Morgan fingerprint density at radius 2 is 1.17 bits per heavy atom. The van der Waals surface area contributed by atoms with E-state index in [1.54, 1.807) is 74.2 Å². The third-order valence-corrected chi connectivity index (χ3v) is 11.0. The van der Waals surface area contributed by atoms with Crippen LogP contribution in [0.15, 0.2) is 73.8 Å². The van der Waals surface area contributed by atoms with Crippen molar-refractivity contribution in [3.63, 3.8) is 0 Å². The van der Waals surface area contributed by atoms with E-state index in [1.807, 2.05) is 9.80 Å². The van der Waals surface area contributed by atoms with Crippen molar-refractivity contribution in [2.75, 3.05) is 58.9 Å². The summed E-state index contributed by atoms with van der Waals surface area (Å²) in [6, 6.07) is 10.1. The minimum Gasteiger partial charge on any atom is -0.442 e. The molecule has 4 aliphatic heterocycles. The van der Waals surface area contributed by atoms with Crippen molar-refractivity contribution in [3.05, 3.63) is 85.5 Å². The van der Waals surface area contributed by atoms with Crippen LogP contribution >= 0.6 is 0 Å². The summed E-state index contributed by atoms with van der Waals surface area (Å²) in [6.07, 6.45) is 11.1. The number of piperidine rings is 2. The Morgan fingerprint density at radius 1 is 0.633 bits per heavy atom. The van der Waals surface area contributed by atoms with Crippen LogP contribution in [0.3, 0.4) is 0 Å². The number of rotatable bonds is 10. The minimum absolute atomic E-state index is 0.173. The largest absolute Gasteiger partial charge is 0.442 e. The molecule has 4 fully saturated rings. The standard InChI is InChI=1S/2C18H20FN9O2/c19-16-9-14(27-11-15(30-18(27)29)10-26-8-5-20-23-26)1-2-17(16)25-6-3-13(4-7-25)28-12-21-22-24-28;19-16-9-14(27-11-15(30-18(27)29)10-26-8-5-20-23-26)1-2-17(16)25-6-3-13(4-7-25)28-22-12-21-24-28/h2*1-2,5,8-9,12-13,15H,3-4,6-7,10-11H2/t2*15-/m00/s1. The van der Waals surface area contributed by atoms with Crippen molar-refractivity contribution in [3.8, 4) is 0 Å². The quantitative estimate of drug-likeness (QED) is 0.194. The molecular weight excluding hydrogens is 787 g/mol. The number of cyclic esters (lactones) is 2. The first-order valence-corrected chi connectivity index (χ1v) is 19.5. The van der Waals surface area contributed by atoms with Crippen LogP contribution in [0.1, 0.15) is 37.8 Å². The van der Waals surface area contributed by atoms with Gasteiger partial charge in [0.2, 0.25) is 0 Å². The van der Waals surface area contributed by atoms with E-state index in [-0.39, 0.29) is 35.9 Å². The van der Waals surface area contributed by atoms with Gasteiger partial charge >= 0.3 is 12.2 Å². The second kappa shape index (κ2) is 17.0. The normalized spacial score (nSPS) is 20.0. The van der Waals surface area contributed by atoms with E-state index in [1.165, 1.54) is 28.3 Å². The lowest BCUT2D eigenvalue weighted by atomic mass is 10.0. The Labute approximate surface area is 340 Å². The van der Waals surface area contributed by atoms with Crippen LogP contribution in [-0.4, -0.2) is 134 Å². The number of aromatic nitrogens is 14. The lowest BCUT2D eigenvalue weighted by Crippen LogP contribution is -2.36. The number of carbonyl (C=O) groups is 2. The maximum atomic E-state index is 14.9. The minimum atomic E-state index is -0.492. The average molecular weight is 827 g/mol. The van der Waals surface area contributed by atoms with Crippen molar-refractivity contribution in [1.29, 1.82) is 0 Å². The average Bonchev–Trinajstić information content (AvgIpc) is 4.12. The van der Waals surface area contributed by atoms with Gasteiger partial charge in [-0.3, -0.25) is 9.80 Å². The summed E-state index contributed by atoms with van der Waals surface area (Å²) in [6.45, 7) is 4.24. The van der Waals surface area contributed by atoms with Gasteiger partial charge < -0.3 is 19.3 Å². The zero-order valence-electron chi connectivity index (χ0n) is 32.2. The van der Waals surface area contributed by atoms with Gasteiger partial charge in [-0.25, -0.2) is 32.4 Å². The highest BCUT2D eigenvalue weighted by Crippen LogP contribution is 2.33. The number of ether oxygens (including phenoxy) is 2. The molecular formula is C36H40F2N18O4. The molecule has 2 atom stereocenters. The summed E-state index contributed by atoms with van der Waals surface area (Å²) in [5, 5.41) is 38.3. The van der Waals surface area contributed by atoms with Crippen LogP contribution in [0.25, 0.3) is 0 Å². The maximum Gasteiger partial charge on any atom is 0.414 e. The Bertz CT molecular complexity index is 2170. The molecule has 0 bridgehead atoms. The van der Waals surface area contributed by atoms with Crippen LogP contribution in [0.5, 0.6) is 0 Å². The van der Waals surface area contributed by atoms with Crippen LogP contribution < -0.4 is 19.6 Å². The predicted molar refractivity (Wildman–Crippen MR) is 205 cm³/mol. The third kappa shape index (κ3) is 8.38. The first-order valence-electron chi connectivity index (χ1n) is 19.5. The van der Waals surface area contributed by atoms with E-state index in [2.05, 4.69) is 51.6 Å². The zero-order chi connectivity index (χ0) is 41.0. The molecule has 0 saturated carbocycles. The molecule has 8 heterocycles. The molecule has 0 spiro atoms. The highest BCUT2D eigenvalue weighted by Gasteiger charge is 2.35. The predicted octanol–water partition coefficient (Wildman–Crippen LogP) is 2.54. The molecule has 24 heteroatoms. The first kappa shape index (κ1) is 38.4. The number of carbonyl (C=O) groups excluding carboxylic acids is 2. The van der Waals surface area contributed by atoms with E-state index in [9.17, 15) is 18.4 Å². The molecule has 4 saturated heterocycles. The van der Waals surface area contributed by atoms with Gasteiger partial charge in [-0.05, 0) is 77.7 Å². The van der Waals surface area contributed by atoms with Crippen LogP contribution in [0.2, 0.25) is 0 Å². The van der Waals surface area contributed by atoms with Crippen molar-refractivity contribution in [2.24, 2.45) is 0 Å². The van der Waals surface area contributed by atoms with Gasteiger partial charge in [-0.2, -0.15) is 4.80 Å². The Morgan fingerprint density at radius 3 is 1.60 bits per heavy atom. The molecule has 0 unspecified atom stereocenters. The first-order chi connectivity index (χ1) is 29.3. The van der Waals surface area contributed by atoms with E-state index in [0.29, 0.717) is 75.1 Å². The van der Waals surface area contributed by atoms with Crippen LogP contribution in [-0.2, 0) is 22.6 Å². The molecule has 22 nitrogen and oxygen atoms in total. The highest BCUT2D eigenvalue weighted by atomic mass is 19.1. The number of halogens is 2. The molecule has 60 heavy (non-hydrogen) atoms. The summed E-state index contributed by atoms with van der Waals surface area (Å²) in [4.78, 5) is 33.0. The molecule has 4 aliphatic rings. The fourth-order valence-corrected chi connectivity index (χ4v) is 7.96. The van der Waals surface area contributed by atoms with E-state index >= 15 is 0 Å². The summed E-state index contributed by atoms with van der Waals surface area (Å²) < 4.78 is 45.5. The molecule has 0 radical (unpaired) electrons. The van der Waals surface area contributed by atoms with Gasteiger partial charge in [0.15, 0.2) is 6.33 Å². The Kier molecular flexibility index (Phi) is 10.9. The molecule has 0 N–H and O–H groups in total. The van der Waals surface area contributed by atoms with E-state index in [4.69, 9.17) is 9.47 Å². The van der Waals surface area contributed by atoms with Crippen LogP contribution in [0.4, 0.5) is 41.1 Å². The van der Waals surface area contributed by atoms with Gasteiger partial charge in [0.25, 0.3) is 0 Å². The molecule has 2 aromatic carbocycles. The molecule has 10 rings (SSSR count). The number of nitrogens with zero attached hydrogens (tertiary/aromatic N) is 18. The number of amides is 2. The van der Waals surface area contributed by atoms with Gasteiger partial charge in [-0.15, -0.1) is 25.5 Å². The Hall–Kier alpha value is -7.14. The smallest absolute Gasteiger partial charge is 0.414 e. The van der Waals surface area contributed by atoms with E-state index in [0.717, 1.165) is 25.7 Å². The molecule has 4 aromatic heterocycles. The van der Waals surface area contributed by atoms with Gasteiger partial charge in [0, 0.05) is 38.6 Å². The number of anilines is 4. The van der Waals surface area contributed by atoms with Crippen molar-refractivity contribution in [2.45, 2.75) is 63.1 Å². The lowest BCUT2D eigenvalue weighted by molar-refractivity contribution is 0.128. The zero-order valence-corrected chi connectivity index (χ0v) is 32.2. The summed E-state index contributed by atoms with van der Waals surface area (Å²) in [7, 11) is 0. The number of tetrazole rings is 2. The molecule has 0 aliphatic carbocycles. The number of hydrogen-bond acceptors (Lipinski definition) is 16. The second-order valence-electron chi connectivity index (χ2n) is 14.7. The van der Waals surface area contributed by atoms with Gasteiger partial charge in [0.05, 0.1) is 73.4 Å². The van der Waals surface area contributed by atoms with Gasteiger partial charge in [-0.1, -0.05) is 10.4 Å². The van der Waals surface area contributed by atoms with Crippen molar-refractivity contribution >= 4 is 34.9 Å². The Balaban J connectivity index is 0.000000154. The van der Waals surface area contributed by atoms with Crippen LogP contribution in [0, 0.1) is 11.6 Å². The van der Waals surface area contributed by atoms with Crippen molar-refractivity contribution in [1.82, 2.24) is 70.4 Å². The fraction of sp³-hybridized carbons (Fsp3) is 0.444. The monoisotopic (exact) mass is 826 g/mol. The second-order valence-corrected chi connectivity index (χ2v) is 14.7. The molecule has 6 aromatic rings. The fourth-order valence-electron chi connectivity index (χ4n) is 7.96. The highest BCUT2D eigenvalue weighted by molar-refractivity contribution is 5.90. The molecule has 2 amide bonds.